The summed E-state index contributed by atoms with van der Waals surface area (Å²) in [6.07, 6.45) is 6.58. The number of thiol groups is 1. The first-order valence-corrected chi connectivity index (χ1v) is 6.06. The van der Waals surface area contributed by atoms with Crippen LogP contribution in [-0.2, 0) is 0 Å². The van der Waals surface area contributed by atoms with Crippen molar-refractivity contribution in [1.29, 1.82) is 0 Å². The molecule has 1 aliphatic rings. The summed E-state index contributed by atoms with van der Waals surface area (Å²) in [4.78, 5) is 2.56. The normalized spacial score (nSPS) is 25.8. The van der Waals surface area contributed by atoms with Crippen molar-refractivity contribution < 1.29 is 0 Å². The van der Waals surface area contributed by atoms with Gasteiger partial charge in [0.25, 0.3) is 0 Å². The van der Waals surface area contributed by atoms with Crippen LogP contribution in [0.2, 0.25) is 0 Å². The molecule has 0 spiro atoms. The molecule has 3 heteroatoms. The van der Waals surface area contributed by atoms with Gasteiger partial charge in [0.05, 0.1) is 0 Å². The second-order valence-electron chi connectivity index (χ2n) is 3.85. The average molecular weight is 202 g/mol. The van der Waals surface area contributed by atoms with Crippen LogP contribution in [0.15, 0.2) is 0 Å². The molecule has 0 saturated carbocycles. The van der Waals surface area contributed by atoms with E-state index in [9.17, 15) is 0 Å². The molecule has 1 saturated heterocycles. The van der Waals surface area contributed by atoms with Crippen LogP contribution in [0, 0.1) is 0 Å². The third kappa shape index (κ3) is 3.88. The Bertz CT molecular complexity index is 130. The number of likely N-dealkylation sites (tertiary alicyclic amines) is 1. The number of nitrogens with two attached hydrogens (primary N) is 1. The fraction of sp³-hybridized carbons (Fsp3) is 1.00. The first-order chi connectivity index (χ1) is 6.38. The molecule has 0 aliphatic carbocycles. The summed E-state index contributed by atoms with van der Waals surface area (Å²) in [5, 5.41) is 0. The van der Waals surface area contributed by atoms with E-state index >= 15 is 0 Å². The highest BCUT2D eigenvalue weighted by Gasteiger charge is 2.18. The van der Waals surface area contributed by atoms with E-state index in [1.54, 1.807) is 0 Å². The molecule has 0 bridgehead atoms. The van der Waals surface area contributed by atoms with E-state index in [2.05, 4.69) is 17.5 Å². The molecule has 2 nitrogen and oxygen atoms in total. The lowest BCUT2D eigenvalue weighted by Crippen LogP contribution is -2.40. The Hall–Kier alpha value is 0.270. The van der Waals surface area contributed by atoms with Crippen LogP contribution in [0.4, 0.5) is 0 Å². The van der Waals surface area contributed by atoms with Gasteiger partial charge in [0.15, 0.2) is 0 Å². The molecule has 0 radical (unpaired) electrons. The summed E-state index contributed by atoms with van der Waals surface area (Å²) >= 11 is 4.25. The monoisotopic (exact) mass is 202 g/mol. The second-order valence-corrected chi connectivity index (χ2v) is 4.30. The van der Waals surface area contributed by atoms with E-state index < -0.39 is 0 Å². The van der Waals surface area contributed by atoms with Gasteiger partial charge in [-0.15, -0.1) is 0 Å². The fourth-order valence-corrected chi connectivity index (χ4v) is 2.21. The van der Waals surface area contributed by atoms with Crippen LogP contribution in [0.3, 0.4) is 0 Å². The minimum atomic E-state index is 0.641. The van der Waals surface area contributed by atoms with Crippen LogP contribution in [0.5, 0.6) is 0 Å². The second kappa shape index (κ2) is 6.68. The fourth-order valence-electron chi connectivity index (χ4n) is 2.07. The summed E-state index contributed by atoms with van der Waals surface area (Å²) in [5.74, 6) is 0.994. The zero-order valence-corrected chi connectivity index (χ0v) is 9.31. The smallest absolute Gasteiger partial charge is 0.0218 e. The topological polar surface area (TPSA) is 29.3 Å². The van der Waals surface area contributed by atoms with Gasteiger partial charge in [-0.3, -0.25) is 4.90 Å². The largest absolute Gasteiger partial charge is 0.329 e. The summed E-state index contributed by atoms with van der Waals surface area (Å²) in [6.45, 7) is 3.26. The summed E-state index contributed by atoms with van der Waals surface area (Å²) in [6, 6.07) is 0.641. The molecule has 1 unspecified atom stereocenters. The van der Waals surface area contributed by atoms with Crippen molar-refractivity contribution in [3.63, 3.8) is 0 Å². The standard InChI is InChI=1S/C10H22N2S/c11-9-10-5-2-1-3-6-12(10)7-4-8-13/h10,13H,1-9,11H2. The van der Waals surface area contributed by atoms with Crippen molar-refractivity contribution in [1.82, 2.24) is 4.90 Å². The lowest BCUT2D eigenvalue weighted by atomic mass is 10.1. The lowest BCUT2D eigenvalue weighted by molar-refractivity contribution is 0.205. The van der Waals surface area contributed by atoms with Crippen LogP contribution >= 0.6 is 12.6 Å². The van der Waals surface area contributed by atoms with E-state index in [0.717, 1.165) is 12.3 Å². The predicted molar refractivity (Wildman–Crippen MR) is 61.4 cm³/mol. The maximum atomic E-state index is 5.77. The molecule has 13 heavy (non-hydrogen) atoms. The Morgan fingerprint density at radius 3 is 2.85 bits per heavy atom. The van der Waals surface area contributed by atoms with Crippen LogP contribution in [0.25, 0.3) is 0 Å². The number of hydrogen-bond donors (Lipinski definition) is 2. The highest BCUT2D eigenvalue weighted by molar-refractivity contribution is 7.80. The van der Waals surface area contributed by atoms with Gasteiger partial charge in [0, 0.05) is 12.6 Å². The van der Waals surface area contributed by atoms with Gasteiger partial charge in [0.1, 0.15) is 0 Å². The Balaban J connectivity index is 2.34. The third-order valence-electron chi connectivity index (χ3n) is 2.87. The van der Waals surface area contributed by atoms with E-state index in [1.165, 1.54) is 45.2 Å². The minimum Gasteiger partial charge on any atom is -0.329 e. The number of rotatable bonds is 4. The Morgan fingerprint density at radius 1 is 1.31 bits per heavy atom. The SMILES string of the molecule is NCC1CCCCCN1CCCS. The van der Waals surface area contributed by atoms with Gasteiger partial charge >= 0.3 is 0 Å². The summed E-state index contributed by atoms with van der Waals surface area (Å²) in [5.41, 5.74) is 5.77. The molecule has 78 valence electrons. The first kappa shape index (κ1) is 11.3. The maximum absolute atomic E-state index is 5.77. The molecule has 1 aliphatic heterocycles. The van der Waals surface area contributed by atoms with Crippen molar-refractivity contribution in [3.05, 3.63) is 0 Å². The number of nitrogens with zero attached hydrogens (tertiary/aromatic N) is 1. The zero-order chi connectivity index (χ0) is 9.52. The maximum Gasteiger partial charge on any atom is 0.0218 e. The van der Waals surface area contributed by atoms with Gasteiger partial charge in [-0.1, -0.05) is 12.8 Å². The third-order valence-corrected chi connectivity index (χ3v) is 3.19. The Labute approximate surface area is 87.3 Å². The van der Waals surface area contributed by atoms with Crippen molar-refractivity contribution in [3.8, 4) is 0 Å². The van der Waals surface area contributed by atoms with E-state index in [1.807, 2.05) is 0 Å². The van der Waals surface area contributed by atoms with E-state index in [0.29, 0.717) is 6.04 Å². The van der Waals surface area contributed by atoms with Gasteiger partial charge in [0.2, 0.25) is 0 Å². The highest BCUT2D eigenvalue weighted by Crippen LogP contribution is 2.16. The summed E-state index contributed by atoms with van der Waals surface area (Å²) < 4.78 is 0. The van der Waals surface area contributed by atoms with E-state index in [4.69, 9.17) is 5.73 Å². The van der Waals surface area contributed by atoms with Crippen LogP contribution < -0.4 is 5.73 Å². The minimum absolute atomic E-state index is 0.641. The predicted octanol–water partition coefficient (Wildman–Crippen LogP) is 1.51. The Morgan fingerprint density at radius 2 is 2.15 bits per heavy atom. The van der Waals surface area contributed by atoms with Crippen LogP contribution in [-0.4, -0.2) is 36.3 Å². The molecule has 0 amide bonds. The summed E-state index contributed by atoms with van der Waals surface area (Å²) in [7, 11) is 0. The molecule has 0 aromatic rings. The van der Waals surface area contributed by atoms with Crippen molar-refractivity contribution >= 4 is 12.6 Å². The van der Waals surface area contributed by atoms with Crippen molar-refractivity contribution in [2.45, 2.75) is 38.1 Å². The first-order valence-electron chi connectivity index (χ1n) is 5.43. The van der Waals surface area contributed by atoms with Crippen LogP contribution in [0.1, 0.15) is 32.1 Å². The van der Waals surface area contributed by atoms with Crippen molar-refractivity contribution in [2.75, 3.05) is 25.4 Å². The van der Waals surface area contributed by atoms with Gasteiger partial charge < -0.3 is 5.73 Å². The quantitative estimate of drug-likeness (QED) is 0.677. The number of hydrogen-bond acceptors (Lipinski definition) is 3. The van der Waals surface area contributed by atoms with Crippen molar-refractivity contribution in [2.24, 2.45) is 5.73 Å². The highest BCUT2D eigenvalue weighted by atomic mass is 32.1. The molecule has 0 aromatic carbocycles. The molecular formula is C10H22N2S. The molecular weight excluding hydrogens is 180 g/mol. The molecule has 1 fully saturated rings. The lowest BCUT2D eigenvalue weighted by Gasteiger charge is -2.28. The molecule has 1 rings (SSSR count). The molecule has 1 heterocycles. The van der Waals surface area contributed by atoms with Gasteiger partial charge in [-0.25, -0.2) is 0 Å². The zero-order valence-electron chi connectivity index (χ0n) is 8.41. The average Bonchev–Trinajstić information content (AvgIpc) is 2.39. The van der Waals surface area contributed by atoms with Gasteiger partial charge in [-0.05, 0) is 38.1 Å². The Kier molecular flexibility index (Phi) is 5.83. The molecule has 1 atom stereocenters. The van der Waals surface area contributed by atoms with E-state index in [-0.39, 0.29) is 0 Å². The molecule has 0 aromatic heterocycles. The van der Waals surface area contributed by atoms with Gasteiger partial charge in [-0.2, -0.15) is 12.6 Å². The molecule has 2 N–H and O–H groups in total.